The first-order valence-electron chi connectivity index (χ1n) is 9.41. The maximum atomic E-state index is 12.4. The molecule has 0 spiro atoms. The number of anilines is 2. The summed E-state index contributed by atoms with van der Waals surface area (Å²) in [5.41, 5.74) is 1.29. The Labute approximate surface area is 168 Å². The highest BCUT2D eigenvalue weighted by atomic mass is 19.4. The van der Waals surface area contributed by atoms with Gasteiger partial charge >= 0.3 is 12.1 Å². The number of nitrogens with one attached hydrogen (secondary N) is 1. The van der Waals surface area contributed by atoms with Gasteiger partial charge in [-0.1, -0.05) is 6.58 Å². The molecule has 1 amide bonds. The van der Waals surface area contributed by atoms with Gasteiger partial charge in [0.1, 0.15) is 0 Å². The largest absolute Gasteiger partial charge is 0.459 e. The Balaban J connectivity index is 2.11. The molecule has 0 unspecified atom stereocenters. The first-order chi connectivity index (χ1) is 13.6. The second-order valence-electron chi connectivity index (χ2n) is 7.07. The average molecular weight is 413 g/mol. The molecule has 0 bridgehead atoms. The minimum absolute atomic E-state index is 0.0159. The standard InChI is InChI=1S/C20H26F3N3O3/c1-4-18(27)24-17-13-15(5-6-16(17)19(28)29-14(2)3)26-11-9-25(10-12-26)8-7-20(21,22)23/h4-6,13-14H,1,7-12H2,2-3H3,(H,24,27). The zero-order valence-electron chi connectivity index (χ0n) is 16.6. The maximum Gasteiger partial charge on any atom is 0.390 e. The molecule has 1 fully saturated rings. The topological polar surface area (TPSA) is 61.9 Å². The molecule has 0 aliphatic carbocycles. The van der Waals surface area contributed by atoms with E-state index in [9.17, 15) is 22.8 Å². The van der Waals surface area contributed by atoms with Gasteiger partial charge in [-0.05, 0) is 38.1 Å². The quantitative estimate of drug-likeness (QED) is 0.548. The van der Waals surface area contributed by atoms with Crippen LogP contribution in [0.3, 0.4) is 0 Å². The number of benzene rings is 1. The molecule has 1 aromatic rings. The summed E-state index contributed by atoms with van der Waals surface area (Å²) in [5.74, 6) is -1.01. The van der Waals surface area contributed by atoms with E-state index in [0.29, 0.717) is 31.9 Å². The zero-order valence-corrected chi connectivity index (χ0v) is 16.6. The van der Waals surface area contributed by atoms with Crippen LogP contribution in [0.15, 0.2) is 30.9 Å². The number of hydrogen-bond acceptors (Lipinski definition) is 5. The molecule has 6 nitrogen and oxygen atoms in total. The predicted molar refractivity (Wildman–Crippen MR) is 105 cm³/mol. The molecule has 160 valence electrons. The molecule has 1 heterocycles. The Morgan fingerprint density at radius 2 is 1.90 bits per heavy atom. The summed E-state index contributed by atoms with van der Waals surface area (Å²) in [6, 6.07) is 4.99. The first kappa shape index (κ1) is 22.7. The number of rotatable bonds is 7. The highest BCUT2D eigenvalue weighted by Gasteiger charge is 2.29. The van der Waals surface area contributed by atoms with Crippen LogP contribution in [0.4, 0.5) is 24.5 Å². The summed E-state index contributed by atoms with van der Waals surface area (Å²) in [6.45, 7) is 8.94. The van der Waals surface area contributed by atoms with Crippen LogP contribution < -0.4 is 10.2 Å². The SMILES string of the molecule is C=CC(=O)Nc1cc(N2CCN(CCC(F)(F)F)CC2)ccc1C(=O)OC(C)C. The molecule has 0 radical (unpaired) electrons. The molecular weight excluding hydrogens is 387 g/mol. The van der Waals surface area contributed by atoms with Crippen molar-refractivity contribution in [2.24, 2.45) is 0 Å². The number of carbonyl (C=O) groups excluding carboxylic acids is 2. The number of ether oxygens (including phenoxy) is 1. The van der Waals surface area contributed by atoms with Crippen LogP contribution in [0.2, 0.25) is 0 Å². The monoisotopic (exact) mass is 413 g/mol. The first-order valence-corrected chi connectivity index (χ1v) is 9.41. The van der Waals surface area contributed by atoms with E-state index in [4.69, 9.17) is 4.74 Å². The molecule has 1 saturated heterocycles. The maximum absolute atomic E-state index is 12.4. The number of hydrogen-bond donors (Lipinski definition) is 1. The van der Waals surface area contributed by atoms with Gasteiger partial charge < -0.3 is 15.0 Å². The number of carbonyl (C=O) groups is 2. The van der Waals surface area contributed by atoms with Crippen LogP contribution in [0.5, 0.6) is 0 Å². The van der Waals surface area contributed by atoms with E-state index in [2.05, 4.69) is 11.9 Å². The minimum Gasteiger partial charge on any atom is -0.459 e. The summed E-state index contributed by atoms with van der Waals surface area (Å²) in [6.07, 6.45) is -4.19. The van der Waals surface area contributed by atoms with Crippen molar-refractivity contribution in [2.75, 3.05) is 42.9 Å². The molecule has 1 N–H and O–H groups in total. The van der Waals surface area contributed by atoms with Gasteiger partial charge in [0.15, 0.2) is 0 Å². The summed E-state index contributed by atoms with van der Waals surface area (Å²) in [4.78, 5) is 27.9. The molecule has 2 rings (SSSR count). The lowest BCUT2D eigenvalue weighted by Crippen LogP contribution is -2.47. The fourth-order valence-corrected chi connectivity index (χ4v) is 2.99. The van der Waals surface area contributed by atoms with Gasteiger partial charge in [0.05, 0.1) is 23.8 Å². The van der Waals surface area contributed by atoms with E-state index in [-0.39, 0.29) is 18.2 Å². The number of halogens is 3. The second-order valence-corrected chi connectivity index (χ2v) is 7.07. The van der Waals surface area contributed by atoms with Crippen molar-refractivity contribution >= 4 is 23.3 Å². The van der Waals surface area contributed by atoms with Gasteiger partial charge in [0.2, 0.25) is 5.91 Å². The smallest absolute Gasteiger partial charge is 0.390 e. The van der Waals surface area contributed by atoms with Crippen LogP contribution in [0, 0.1) is 0 Å². The van der Waals surface area contributed by atoms with Crippen molar-refractivity contribution in [3.8, 4) is 0 Å². The van der Waals surface area contributed by atoms with E-state index in [1.807, 2.05) is 4.90 Å². The lowest BCUT2D eigenvalue weighted by Gasteiger charge is -2.36. The van der Waals surface area contributed by atoms with Gasteiger partial charge in [0.25, 0.3) is 0 Å². The van der Waals surface area contributed by atoms with Gasteiger partial charge in [-0.25, -0.2) is 4.79 Å². The van der Waals surface area contributed by atoms with E-state index in [0.717, 1.165) is 11.8 Å². The molecule has 1 aliphatic heterocycles. The van der Waals surface area contributed by atoms with Crippen molar-refractivity contribution in [1.29, 1.82) is 0 Å². The van der Waals surface area contributed by atoms with Crippen LogP contribution >= 0.6 is 0 Å². The van der Waals surface area contributed by atoms with E-state index < -0.39 is 24.5 Å². The fraction of sp³-hybridized carbons (Fsp3) is 0.500. The zero-order chi connectivity index (χ0) is 21.6. The Bertz CT molecular complexity index is 742. The average Bonchev–Trinajstić information content (AvgIpc) is 2.65. The highest BCUT2D eigenvalue weighted by molar-refractivity contribution is 6.05. The van der Waals surface area contributed by atoms with Crippen molar-refractivity contribution in [1.82, 2.24) is 4.90 Å². The highest BCUT2D eigenvalue weighted by Crippen LogP contribution is 2.27. The van der Waals surface area contributed by atoms with Crippen LogP contribution in [0.25, 0.3) is 0 Å². The third kappa shape index (κ3) is 7.08. The van der Waals surface area contributed by atoms with E-state index in [1.54, 1.807) is 36.9 Å². The lowest BCUT2D eigenvalue weighted by atomic mass is 10.1. The number of amides is 1. The van der Waals surface area contributed by atoms with Crippen molar-refractivity contribution in [3.05, 3.63) is 36.4 Å². The summed E-state index contributed by atoms with van der Waals surface area (Å²) in [5, 5.41) is 2.62. The van der Waals surface area contributed by atoms with Gasteiger partial charge in [-0.15, -0.1) is 0 Å². The lowest BCUT2D eigenvalue weighted by molar-refractivity contribution is -0.138. The Kier molecular flexibility index (Phi) is 7.66. The van der Waals surface area contributed by atoms with Gasteiger partial charge in [0, 0.05) is 38.4 Å². The Morgan fingerprint density at radius 1 is 1.24 bits per heavy atom. The van der Waals surface area contributed by atoms with Crippen LogP contribution in [-0.4, -0.2) is 61.8 Å². The summed E-state index contributed by atoms with van der Waals surface area (Å²) >= 11 is 0. The molecule has 9 heteroatoms. The fourth-order valence-electron chi connectivity index (χ4n) is 2.99. The van der Waals surface area contributed by atoms with E-state index in [1.165, 1.54) is 0 Å². The molecule has 0 saturated carbocycles. The molecular formula is C20H26F3N3O3. The molecule has 0 aromatic heterocycles. The van der Waals surface area contributed by atoms with E-state index >= 15 is 0 Å². The van der Waals surface area contributed by atoms with Gasteiger partial charge in [-0.2, -0.15) is 13.2 Å². The van der Waals surface area contributed by atoms with Gasteiger partial charge in [-0.3, -0.25) is 9.69 Å². The summed E-state index contributed by atoms with van der Waals surface area (Å²) in [7, 11) is 0. The molecule has 29 heavy (non-hydrogen) atoms. The summed E-state index contributed by atoms with van der Waals surface area (Å²) < 4.78 is 42.4. The molecule has 1 aromatic carbocycles. The third-order valence-corrected chi connectivity index (χ3v) is 4.46. The van der Waals surface area contributed by atoms with Crippen molar-refractivity contribution < 1.29 is 27.5 Å². The normalized spacial score (nSPS) is 15.3. The number of nitrogens with zero attached hydrogens (tertiary/aromatic N) is 2. The Morgan fingerprint density at radius 3 is 2.45 bits per heavy atom. The predicted octanol–water partition coefficient (Wildman–Crippen LogP) is 3.45. The number of piperazine rings is 1. The van der Waals surface area contributed by atoms with Crippen LogP contribution in [0.1, 0.15) is 30.6 Å². The third-order valence-electron chi connectivity index (χ3n) is 4.46. The molecule has 0 atom stereocenters. The number of alkyl halides is 3. The molecule has 1 aliphatic rings. The van der Waals surface area contributed by atoms with Crippen LogP contribution in [-0.2, 0) is 9.53 Å². The van der Waals surface area contributed by atoms with Crippen molar-refractivity contribution in [2.45, 2.75) is 32.5 Å². The Hall–Kier alpha value is -2.55. The van der Waals surface area contributed by atoms with Crippen molar-refractivity contribution in [3.63, 3.8) is 0 Å². The number of esters is 1. The second kappa shape index (κ2) is 9.78. The minimum atomic E-state index is -4.16.